The van der Waals surface area contributed by atoms with Crippen molar-refractivity contribution in [3.8, 4) is 0 Å². The number of rotatable bonds is 5. The topological polar surface area (TPSA) is 50.2 Å². The number of nitrogens with one attached hydrogen (secondary N) is 1. The number of aromatic nitrogens is 2. The number of nitrogens with zero attached hydrogens (tertiary/aromatic N) is 3. The largest absolute Gasteiger partial charge is 0.353 e. The molecule has 0 atom stereocenters. The van der Waals surface area contributed by atoms with Crippen molar-refractivity contribution in [2.24, 2.45) is 0 Å². The molecule has 134 valence electrons. The molecule has 1 amide bonds. The van der Waals surface area contributed by atoms with Gasteiger partial charge in [-0.2, -0.15) is 0 Å². The number of hydrogen-bond donors (Lipinski definition) is 1. The maximum Gasteiger partial charge on any atom is 0.220 e. The molecule has 2 aromatic rings. The summed E-state index contributed by atoms with van der Waals surface area (Å²) in [6.45, 7) is 3.00. The zero-order chi connectivity index (χ0) is 17.2. The van der Waals surface area contributed by atoms with Crippen molar-refractivity contribution in [1.82, 2.24) is 19.8 Å². The van der Waals surface area contributed by atoms with Gasteiger partial charge in [0, 0.05) is 62.0 Å². The van der Waals surface area contributed by atoms with Crippen LogP contribution in [0.15, 0.2) is 18.5 Å². The molecule has 1 N–H and O–H groups in total. The lowest BCUT2D eigenvalue weighted by Gasteiger charge is -2.24. The van der Waals surface area contributed by atoms with E-state index in [0.717, 1.165) is 45.3 Å². The molecule has 2 aliphatic rings. The smallest absolute Gasteiger partial charge is 0.220 e. The molecule has 1 fully saturated rings. The van der Waals surface area contributed by atoms with Crippen molar-refractivity contribution < 1.29 is 4.79 Å². The van der Waals surface area contributed by atoms with E-state index in [1.165, 1.54) is 35.0 Å². The van der Waals surface area contributed by atoms with Crippen molar-refractivity contribution in [2.45, 2.75) is 64.1 Å². The van der Waals surface area contributed by atoms with Crippen LogP contribution < -0.4 is 5.32 Å². The van der Waals surface area contributed by atoms with Crippen LogP contribution in [0.1, 0.15) is 49.8 Å². The zero-order valence-corrected chi connectivity index (χ0v) is 15.1. The van der Waals surface area contributed by atoms with Gasteiger partial charge in [-0.25, -0.2) is 0 Å². The standard InChI is InChI=1S/C20H28N4O/c1-23-12-9-19-17(14-23)16-13-21-10-8-18(16)24(19)11-4-7-20(25)22-15-5-2-3-6-15/h8,10,13,15H,2-7,9,11-12,14H2,1H3,(H,22,25). The lowest BCUT2D eigenvalue weighted by Crippen LogP contribution is -2.32. The van der Waals surface area contributed by atoms with Crippen molar-refractivity contribution >= 4 is 16.8 Å². The van der Waals surface area contributed by atoms with E-state index in [4.69, 9.17) is 0 Å². The number of aryl methyl sites for hydroxylation is 1. The fraction of sp³-hybridized carbons (Fsp3) is 0.600. The highest BCUT2D eigenvalue weighted by atomic mass is 16.1. The highest BCUT2D eigenvalue weighted by molar-refractivity contribution is 5.85. The Balaban J connectivity index is 1.45. The summed E-state index contributed by atoms with van der Waals surface area (Å²) in [5, 5.41) is 4.48. The Hall–Kier alpha value is -1.88. The van der Waals surface area contributed by atoms with Gasteiger partial charge in [-0.3, -0.25) is 9.78 Å². The minimum Gasteiger partial charge on any atom is -0.353 e. The number of carbonyl (C=O) groups is 1. The van der Waals surface area contributed by atoms with Crippen LogP contribution in [0.25, 0.3) is 10.9 Å². The Morgan fingerprint density at radius 1 is 1.36 bits per heavy atom. The Bertz CT molecular complexity index is 760. The summed E-state index contributed by atoms with van der Waals surface area (Å²) in [4.78, 5) is 18.9. The number of hydrogen-bond acceptors (Lipinski definition) is 3. The van der Waals surface area contributed by atoms with Gasteiger partial charge in [-0.1, -0.05) is 12.8 Å². The van der Waals surface area contributed by atoms with Crippen molar-refractivity contribution in [3.05, 3.63) is 29.7 Å². The molecule has 0 bridgehead atoms. The number of amides is 1. The lowest BCUT2D eigenvalue weighted by molar-refractivity contribution is -0.121. The van der Waals surface area contributed by atoms with Crippen LogP contribution in [-0.4, -0.2) is 40.0 Å². The minimum atomic E-state index is 0.221. The van der Waals surface area contributed by atoms with Crippen molar-refractivity contribution in [3.63, 3.8) is 0 Å². The first kappa shape index (κ1) is 16.6. The van der Waals surface area contributed by atoms with Gasteiger partial charge in [0.05, 0.1) is 5.52 Å². The molecule has 4 rings (SSSR count). The maximum atomic E-state index is 12.2. The van der Waals surface area contributed by atoms with Crippen LogP contribution in [0.4, 0.5) is 0 Å². The van der Waals surface area contributed by atoms with Gasteiger partial charge < -0.3 is 14.8 Å². The predicted octanol–water partition coefficient (Wildman–Crippen LogP) is 2.86. The fourth-order valence-electron chi connectivity index (χ4n) is 4.45. The monoisotopic (exact) mass is 340 g/mol. The third-order valence-electron chi connectivity index (χ3n) is 5.75. The van der Waals surface area contributed by atoms with Gasteiger partial charge >= 0.3 is 0 Å². The Morgan fingerprint density at radius 3 is 3.04 bits per heavy atom. The number of pyridine rings is 1. The molecule has 0 unspecified atom stereocenters. The van der Waals surface area contributed by atoms with Crippen molar-refractivity contribution in [1.29, 1.82) is 0 Å². The Morgan fingerprint density at radius 2 is 2.20 bits per heavy atom. The quantitative estimate of drug-likeness (QED) is 0.910. The highest BCUT2D eigenvalue weighted by Crippen LogP contribution is 2.30. The first-order chi connectivity index (χ1) is 12.2. The van der Waals surface area contributed by atoms with Crippen LogP contribution in [0.2, 0.25) is 0 Å². The summed E-state index contributed by atoms with van der Waals surface area (Å²) in [7, 11) is 2.18. The molecule has 1 aliphatic carbocycles. The molecule has 3 heterocycles. The summed E-state index contributed by atoms with van der Waals surface area (Å²) in [5.41, 5.74) is 4.14. The summed E-state index contributed by atoms with van der Waals surface area (Å²) in [6.07, 6.45) is 11.3. The average molecular weight is 340 g/mol. The fourth-order valence-corrected chi connectivity index (χ4v) is 4.45. The molecular weight excluding hydrogens is 312 g/mol. The molecule has 25 heavy (non-hydrogen) atoms. The summed E-state index contributed by atoms with van der Waals surface area (Å²) in [5.74, 6) is 0.221. The van der Waals surface area contributed by atoms with Crippen LogP contribution in [-0.2, 0) is 24.3 Å². The van der Waals surface area contributed by atoms with E-state index < -0.39 is 0 Å². The van der Waals surface area contributed by atoms with Gasteiger partial charge in [-0.15, -0.1) is 0 Å². The van der Waals surface area contributed by atoms with Gasteiger partial charge in [0.1, 0.15) is 0 Å². The van der Waals surface area contributed by atoms with Crippen LogP contribution >= 0.6 is 0 Å². The molecular formula is C20H28N4O. The second-order valence-corrected chi connectivity index (χ2v) is 7.61. The first-order valence-electron chi connectivity index (χ1n) is 9.64. The first-order valence-corrected chi connectivity index (χ1v) is 9.64. The molecule has 5 heteroatoms. The zero-order valence-electron chi connectivity index (χ0n) is 15.1. The van der Waals surface area contributed by atoms with Crippen molar-refractivity contribution in [2.75, 3.05) is 13.6 Å². The molecule has 1 saturated carbocycles. The predicted molar refractivity (Wildman–Crippen MR) is 99.4 cm³/mol. The maximum absolute atomic E-state index is 12.2. The Kier molecular flexibility index (Phi) is 4.75. The normalized spacial score (nSPS) is 18.6. The Labute approximate surface area is 149 Å². The molecule has 0 aromatic carbocycles. The van der Waals surface area contributed by atoms with E-state index in [0.29, 0.717) is 12.5 Å². The number of fused-ring (bicyclic) bond motifs is 3. The third-order valence-corrected chi connectivity index (χ3v) is 5.75. The van der Waals surface area contributed by atoms with E-state index in [-0.39, 0.29) is 5.91 Å². The summed E-state index contributed by atoms with van der Waals surface area (Å²) < 4.78 is 2.43. The van der Waals surface area contributed by atoms with Gasteiger partial charge in [0.2, 0.25) is 5.91 Å². The molecule has 0 spiro atoms. The number of carbonyl (C=O) groups excluding carboxylic acids is 1. The van der Waals surface area contributed by atoms with Crippen LogP contribution in [0.5, 0.6) is 0 Å². The van der Waals surface area contributed by atoms with Gasteiger partial charge in [0.25, 0.3) is 0 Å². The van der Waals surface area contributed by atoms with Crippen LogP contribution in [0, 0.1) is 0 Å². The molecule has 0 radical (unpaired) electrons. The number of likely N-dealkylation sites (N-methyl/N-ethyl adjacent to an activating group) is 1. The second-order valence-electron chi connectivity index (χ2n) is 7.61. The summed E-state index contributed by atoms with van der Waals surface area (Å²) >= 11 is 0. The van der Waals surface area contributed by atoms with Gasteiger partial charge in [-0.05, 0) is 37.9 Å². The molecule has 5 nitrogen and oxygen atoms in total. The molecule has 1 aliphatic heterocycles. The second kappa shape index (κ2) is 7.16. The lowest BCUT2D eigenvalue weighted by atomic mass is 10.1. The third kappa shape index (κ3) is 3.43. The van der Waals surface area contributed by atoms with Crippen LogP contribution in [0.3, 0.4) is 0 Å². The summed E-state index contributed by atoms with van der Waals surface area (Å²) in [6, 6.07) is 2.54. The molecule has 2 aromatic heterocycles. The van der Waals surface area contributed by atoms with E-state index in [1.807, 2.05) is 12.4 Å². The molecule has 0 saturated heterocycles. The van der Waals surface area contributed by atoms with E-state index in [9.17, 15) is 4.79 Å². The SMILES string of the molecule is CN1CCc2c(c3cnccc3n2CCCC(=O)NC2CCCC2)C1. The van der Waals surface area contributed by atoms with E-state index in [1.54, 1.807) is 0 Å². The highest BCUT2D eigenvalue weighted by Gasteiger charge is 2.22. The van der Waals surface area contributed by atoms with E-state index in [2.05, 4.69) is 32.9 Å². The average Bonchev–Trinajstić information content (AvgIpc) is 3.22. The minimum absolute atomic E-state index is 0.221. The van der Waals surface area contributed by atoms with E-state index >= 15 is 0 Å². The van der Waals surface area contributed by atoms with Gasteiger partial charge in [0.15, 0.2) is 0 Å².